The summed E-state index contributed by atoms with van der Waals surface area (Å²) >= 11 is 5.72. The van der Waals surface area contributed by atoms with E-state index in [1.807, 2.05) is 0 Å². The van der Waals surface area contributed by atoms with Gasteiger partial charge in [-0.15, -0.1) is 0 Å². The van der Waals surface area contributed by atoms with Gasteiger partial charge in [0.25, 0.3) is 0 Å². The lowest BCUT2D eigenvalue weighted by atomic mass is 10.2. The Morgan fingerprint density at radius 1 is 1.50 bits per heavy atom. The van der Waals surface area contributed by atoms with Crippen molar-refractivity contribution in [3.63, 3.8) is 0 Å². The van der Waals surface area contributed by atoms with Gasteiger partial charge in [-0.25, -0.2) is 4.39 Å². The molecule has 0 N–H and O–H groups in total. The highest BCUT2D eigenvalue weighted by Crippen LogP contribution is 2.30. The number of carbonyl (C=O) groups excluding carboxylic acids is 1. The van der Waals surface area contributed by atoms with Crippen molar-refractivity contribution in [1.29, 1.82) is 0 Å². The van der Waals surface area contributed by atoms with Gasteiger partial charge in [0.05, 0.1) is 16.7 Å². The van der Waals surface area contributed by atoms with E-state index in [9.17, 15) is 9.18 Å². The maximum Gasteiger partial charge on any atom is 0.177 e. The molecule has 0 aromatic heterocycles. The largest absolute Gasteiger partial charge is 0.486 e. The number of hydrogen-bond donors (Lipinski definition) is 0. The quantitative estimate of drug-likeness (QED) is 0.726. The van der Waals surface area contributed by atoms with Crippen molar-refractivity contribution in [1.82, 2.24) is 0 Å². The predicted octanol–water partition coefficient (Wildman–Crippen LogP) is 3.08. The van der Waals surface area contributed by atoms with E-state index < -0.39 is 5.82 Å². The van der Waals surface area contributed by atoms with E-state index in [1.165, 1.54) is 12.1 Å². The Hall–Kier alpha value is -1.09. The van der Waals surface area contributed by atoms with Crippen molar-refractivity contribution in [3.05, 3.63) is 28.5 Å². The molecule has 0 saturated heterocycles. The summed E-state index contributed by atoms with van der Waals surface area (Å²) in [5, 5.41) is 0.168. The number of rotatable bonds is 3. The molecule has 0 fully saturated rings. The van der Waals surface area contributed by atoms with Gasteiger partial charge in [-0.2, -0.15) is 0 Å². The zero-order valence-corrected chi connectivity index (χ0v) is 8.64. The standard InChI is InChI=1S/C10H10ClFO2/c1-6(2)14-10-8(11)4-3-7(5-13)9(10)12/h3-6H,1-2H3. The van der Waals surface area contributed by atoms with E-state index in [0.717, 1.165) is 0 Å². The number of hydrogen-bond acceptors (Lipinski definition) is 2. The summed E-state index contributed by atoms with van der Waals surface area (Å²) in [6, 6.07) is 2.75. The van der Waals surface area contributed by atoms with Gasteiger partial charge in [-0.1, -0.05) is 11.6 Å². The van der Waals surface area contributed by atoms with Crippen molar-refractivity contribution in [3.8, 4) is 5.75 Å². The van der Waals surface area contributed by atoms with Crippen LogP contribution in [-0.4, -0.2) is 12.4 Å². The van der Waals surface area contributed by atoms with Gasteiger partial charge in [-0.05, 0) is 26.0 Å². The minimum absolute atomic E-state index is 0.0509. The Balaban J connectivity index is 3.18. The van der Waals surface area contributed by atoms with Crippen LogP contribution in [0, 0.1) is 5.82 Å². The molecular formula is C10H10ClFO2. The lowest BCUT2D eigenvalue weighted by Crippen LogP contribution is -2.08. The molecular weight excluding hydrogens is 207 g/mol. The summed E-state index contributed by atoms with van der Waals surface area (Å²) in [4.78, 5) is 10.4. The second-order valence-electron chi connectivity index (χ2n) is 3.06. The molecule has 1 rings (SSSR count). The topological polar surface area (TPSA) is 26.3 Å². The molecule has 0 unspecified atom stereocenters. The molecule has 0 amide bonds. The third-order valence-corrected chi connectivity index (χ3v) is 1.86. The monoisotopic (exact) mass is 216 g/mol. The predicted molar refractivity (Wildman–Crippen MR) is 52.6 cm³/mol. The molecule has 1 aromatic rings. The van der Waals surface area contributed by atoms with Crippen molar-refractivity contribution < 1.29 is 13.9 Å². The van der Waals surface area contributed by atoms with Gasteiger partial charge >= 0.3 is 0 Å². The second kappa shape index (κ2) is 4.42. The van der Waals surface area contributed by atoms with Crippen LogP contribution in [0.2, 0.25) is 5.02 Å². The van der Waals surface area contributed by atoms with Crippen LogP contribution in [0.1, 0.15) is 24.2 Å². The third-order valence-electron chi connectivity index (χ3n) is 1.56. The van der Waals surface area contributed by atoms with E-state index in [-0.39, 0.29) is 22.4 Å². The lowest BCUT2D eigenvalue weighted by molar-refractivity contribution is 0.111. The molecule has 0 atom stereocenters. The first-order valence-electron chi connectivity index (χ1n) is 4.16. The Morgan fingerprint density at radius 2 is 2.14 bits per heavy atom. The smallest absolute Gasteiger partial charge is 0.177 e. The van der Waals surface area contributed by atoms with Gasteiger partial charge in [0, 0.05) is 0 Å². The van der Waals surface area contributed by atoms with Gasteiger partial charge in [-0.3, -0.25) is 4.79 Å². The molecule has 14 heavy (non-hydrogen) atoms. The fourth-order valence-electron chi connectivity index (χ4n) is 0.982. The number of carbonyl (C=O) groups is 1. The first-order chi connectivity index (χ1) is 6.56. The molecule has 76 valence electrons. The maximum atomic E-state index is 13.5. The molecule has 0 aliphatic heterocycles. The minimum atomic E-state index is -0.707. The third kappa shape index (κ3) is 2.23. The second-order valence-corrected chi connectivity index (χ2v) is 3.47. The van der Waals surface area contributed by atoms with Gasteiger partial charge in [0.2, 0.25) is 0 Å². The fourth-order valence-corrected chi connectivity index (χ4v) is 1.17. The van der Waals surface area contributed by atoms with Crippen molar-refractivity contribution in [2.24, 2.45) is 0 Å². The highest BCUT2D eigenvalue weighted by Gasteiger charge is 2.14. The SMILES string of the molecule is CC(C)Oc1c(Cl)ccc(C=O)c1F. The summed E-state index contributed by atoms with van der Waals surface area (Å²) < 4.78 is 18.6. The molecule has 2 nitrogen and oxygen atoms in total. The summed E-state index contributed by atoms with van der Waals surface area (Å²) in [6.45, 7) is 3.51. The van der Waals surface area contributed by atoms with Gasteiger partial charge in [0.1, 0.15) is 0 Å². The number of ether oxygens (including phenoxy) is 1. The Bertz CT molecular complexity index is 350. The number of aldehydes is 1. The molecule has 4 heteroatoms. The summed E-state index contributed by atoms with van der Waals surface area (Å²) in [5.74, 6) is -0.771. The fraction of sp³-hybridized carbons (Fsp3) is 0.300. The first-order valence-corrected chi connectivity index (χ1v) is 4.54. The van der Waals surface area contributed by atoms with Gasteiger partial charge < -0.3 is 4.74 Å². The average molecular weight is 217 g/mol. The average Bonchev–Trinajstić information content (AvgIpc) is 2.12. The Kier molecular flexibility index (Phi) is 3.47. The summed E-state index contributed by atoms with van der Waals surface area (Å²) in [7, 11) is 0. The highest BCUT2D eigenvalue weighted by molar-refractivity contribution is 6.32. The normalized spacial score (nSPS) is 10.4. The minimum Gasteiger partial charge on any atom is -0.486 e. The molecule has 0 heterocycles. The van der Waals surface area contributed by atoms with Crippen LogP contribution in [0.25, 0.3) is 0 Å². The zero-order valence-electron chi connectivity index (χ0n) is 7.88. The van der Waals surface area contributed by atoms with Crippen molar-refractivity contribution >= 4 is 17.9 Å². The Labute approximate surface area is 86.6 Å². The lowest BCUT2D eigenvalue weighted by Gasteiger charge is -2.12. The molecule has 0 aliphatic rings. The van der Waals surface area contributed by atoms with Crippen LogP contribution in [-0.2, 0) is 0 Å². The molecule has 0 saturated carbocycles. The molecule has 0 spiro atoms. The van der Waals surface area contributed by atoms with E-state index in [4.69, 9.17) is 16.3 Å². The van der Waals surface area contributed by atoms with Crippen LogP contribution in [0.3, 0.4) is 0 Å². The van der Waals surface area contributed by atoms with Crippen LogP contribution in [0.4, 0.5) is 4.39 Å². The van der Waals surface area contributed by atoms with Crippen molar-refractivity contribution in [2.45, 2.75) is 20.0 Å². The Morgan fingerprint density at radius 3 is 2.64 bits per heavy atom. The van der Waals surface area contributed by atoms with E-state index in [2.05, 4.69) is 0 Å². The van der Waals surface area contributed by atoms with E-state index in [1.54, 1.807) is 13.8 Å². The summed E-state index contributed by atoms with van der Waals surface area (Å²) in [6.07, 6.45) is 0.239. The van der Waals surface area contributed by atoms with E-state index >= 15 is 0 Å². The zero-order chi connectivity index (χ0) is 10.7. The van der Waals surface area contributed by atoms with Crippen molar-refractivity contribution in [2.75, 3.05) is 0 Å². The van der Waals surface area contributed by atoms with Crippen LogP contribution >= 0.6 is 11.6 Å². The van der Waals surface area contributed by atoms with Gasteiger partial charge in [0.15, 0.2) is 17.9 Å². The van der Waals surface area contributed by atoms with E-state index in [0.29, 0.717) is 6.29 Å². The molecule has 0 aliphatic carbocycles. The maximum absolute atomic E-state index is 13.5. The molecule has 0 radical (unpaired) electrons. The van der Waals surface area contributed by atoms with Crippen LogP contribution in [0.15, 0.2) is 12.1 Å². The molecule has 1 aromatic carbocycles. The van der Waals surface area contributed by atoms with Crippen LogP contribution < -0.4 is 4.74 Å². The summed E-state index contributed by atoms with van der Waals surface area (Å²) in [5.41, 5.74) is -0.0509. The van der Waals surface area contributed by atoms with Crippen LogP contribution in [0.5, 0.6) is 5.75 Å². The highest BCUT2D eigenvalue weighted by atomic mass is 35.5. The molecule has 0 bridgehead atoms. The number of benzene rings is 1. The number of halogens is 2. The first kappa shape index (κ1) is 11.0.